The number of rotatable bonds is 8. The summed E-state index contributed by atoms with van der Waals surface area (Å²) in [5.74, 6) is -1.57. The molecule has 0 aliphatic carbocycles. The maximum atomic E-state index is 14.2. The molecule has 0 saturated carbocycles. The normalized spacial score (nSPS) is 23.8. The first-order valence-corrected chi connectivity index (χ1v) is 10.4. The fraction of sp³-hybridized carbons (Fsp3) is 0.692. The Morgan fingerprint density at radius 1 is 1.29 bits per heavy atom. The maximum Gasteiger partial charge on any atom is 0.185 e. The zero-order chi connectivity index (χ0) is 16.2. The summed E-state index contributed by atoms with van der Waals surface area (Å²) in [5, 5.41) is -1.44. The van der Waals surface area contributed by atoms with Crippen LogP contribution in [-0.4, -0.2) is 16.5 Å². The molecule has 0 fully saturated rings. The average Bonchev–Trinajstić information content (AvgIpc) is 2.33. The van der Waals surface area contributed by atoms with Crippen molar-refractivity contribution in [2.75, 3.05) is 5.75 Å². The van der Waals surface area contributed by atoms with Gasteiger partial charge in [0.2, 0.25) is 0 Å². The second kappa shape index (κ2) is 6.32. The number of hydrogen-bond donors (Lipinski definition) is 1. The zero-order valence-electron chi connectivity index (χ0n) is 11.8. The fourth-order valence-electron chi connectivity index (χ4n) is 2.13. The van der Waals surface area contributed by atoms with Crippen LogP contribution in [0.1, 0.15) is 39.0 Å². The summed E-state index contributed by atoms with van der Waals surface area (Å²) in [7, 11) is -8.28. The van der Waals surface area contributed by atoms with E-state index in [2.05, 4.69) is 21.2 Å². The lowest BCUT2D eigenvalue weighted by atomic mass is 10.1. The van der Waals surface area contributed by atoms with Crippen LogP contribution in [0.4, 0.5) is 15.5 Å². The molecule has 1 nitrogen and oxygen atoms in total. The van der Waals surface area contributed by atoms with Crippen LogP contribution in [0.25, 0.3) is 0 Å². The van der Waals surface area contributed by atoms with Crippen LogP contribution < -0.4 is 5.32 Å². The van der Waals surface area contributed by atoms with Crippen molar-refractivity contribution < 1.29 is 15.5 Å². The van der Waals surface area contributed by atoms with E-state index in [1.54, 1.807) is 0 Å². The molecule has 0 aromatic rings. The van der Waals surface area contributed by atoms with Crippen molar-refractivity contribution >= 4 is 37.4 Å². The summed E-state index contributed by atoms with van der Waals surface area (Å²) in [6.07, 6.45) is 6.64. The summed E-state index contributed by atoms with van der Waals surface area (Å²) in [4.78, 5) is 0. The van der Waals surface area contributed by atoms with Gasteiger partial charge in [0.1, 0.15) is 0 Å². The smallest absolute Gasteiger partial charge is 0.185 e. The summed E-state index contributed by atoms with van der Waals surface area (Å²) in [5.41, 5.74) is 0. The van der Waals surface area contributed by atoms with E-state index in [4.69, 9.17) is 11.6 Å². The summed E-state index contributed by atoms with van der Waals surface area (Å²) < 4.78 is 57.2. The van der Waals surface area contributed by atoms with Crippen molar-refractivity contribution in [3.8, 4) is 0 Å². The molecular formula is C13H21BrClF4NS. The van der Waals surface area contributed by atoms with Crippen molar-refractivity contribution in [3.05, 3.63) is 22.8 Å². The molecule has 2 atom stereocenters. The Labute approximate surface area is 136 Å². The summed E-state index contributed by atoms with van der Waals surface area (Å²) in [6, 6.07) is 0. The molecule has 2 unspecified atom stereocenters. The number of hydrogen-bond acceptors (Lipinski definition) is 1. The minimum atomic E-state index is -8.28. The lowest BCUT2D eigenvalue weighted by molar-refractivity contribution is 0.417. The van der Waals surface area contributed by atoms with E-state index in [1.807, 2.05) is 6.92 Å². The van der Waals surface area contributed by atoms with Crippen LogP contribution in [0.5, 0.6) is 0 Å². The highest BCUT2D eigenvalue weighted by atomic mass is 79.9. The molecule has 126 valence electrons. The Balaban J connectivity index is 2.69. The quantitative estimate of drug-likeness (QED) is 0.265. The summed E-state index contributed by atoms with van der Waals surface area (Å²) >= 11 is 8.79. The van der Waals surface area contributed by atoms with Crippen molar-refractivity contribution in [3.63, 3.8) is 0 Å². The maximum absolute atomic E-state index is 14.2. The van der Waals surface area contributed by atoms with E-state index in [0.29, 0.717) is 10.9 Å². The van der Waals surface area contributed by atoms with Crippen LogP contribution in [-0.2, 0) is 0 Å². The molecule has 21 heavy (non-hydrogen) atoms. The van der Waals surface area contributed by atoms with E-state index in [-0.39, 0.29) is 6.42 Å². The van der Waals surface area contributed by atoms with Crippen LogP contribution in [0.15, 0.2) is 22.8 Å². The highest BCUT2D eigenvalue weighted by Crippen LogP contribution is 2.98. The Kier molecular flexibility index (Phi) is 5.77. The predicted molar refractivity (Wildman–Crippen MR) is 88.4 cm³/mol. The molecule has 1 aliphatic heterocycles. The average molecular weight is 415 g/mol. The third-order valence-electron chi connectivity index (χ3n) is 3.28. The van der Waals surface area contributed by atoms with E-state index in [1.165, 1.54) is 6.08 Å². The molecule has 0 bridgehead atoms. The molecule has 0 saturated heterocycles. The molecule has 1 rings (SSSR count). The van der Waals surface area contributed by atoms with Crippen molar-refractivity contribution in [2.24, 2.45) is 0 Å². The van der Waals surface area contributed by atoms with Gasteiger partial charge in [-0.15, -0.1) is 27.1 Å². The number of allylic oxidation sites excluding steroid dienone is 2. The molecule has 0 aromatic heterocycles. The number of halogens is 6. The van der Waals surface area contributed by atoms with Gasteiger partial charge < -0.3 is 5.32 Å². The highest BCUT2D eigenvalue weighted by Gasteiger charge is 2.68. The second-order valence-electron chi connectivity index (χ2n) is 5.40. The highest BCUT2D eigenvalue weighted by molar-refractivity contribution is 9.11. The van der Waals surface area contributed by atoms with E-state index >= 15 is 0 Å². The van der Waals surface area contributed by atoms with Gasteiger partial charge in [0.25, 0.3) is 0 Å². The third-order valence-corrected chi connectivity index (χ3v) is 6.85. The lowest BCUT2D eigenvalue weighted by Crippen LogP contribution is -2.43. The topological polar surface area (TPSA) is 12.0 Å². The van der Waals surface area contributed by atoms with E-state index < -0.39 is 26.3 Å². The monoisotopic (exact) mass is 413 g/mol. The van der Waals surface area contributed by atoms with Gasteiger partial charge in [-0.05, 0) is 34.5 Å². The first-order valence-electron chi connectivity index (χ1n) is 6.89. The minimum absolute atomic E-state index is 0.180. The third kappa shape index (κ3) is 6.02. The second-order valence-corrected chi connectivity index (χ2v) is 10.4. The standard InChI is InChI=1S/C13H21BrClF4NS/c1-2-3-4-5-6-12(15)10-21(16,17,18,19)13-8-7-11(14)9-20-13/h7-9,12-13,20H,2-6,10H2,1H3. The van der Waals surface area contributed by atoms with Gasteiger partial charge in [-0.1, -0.05) is 32.6 Å². The molecule has 1 heterocycles. The van der Waals surface area contributed by atoms with Crippen LogP contribution >= 0.6 is 37.4 Å². The molecule has 0 radical (unpaired) electrons. The van der Waals surface area contributed by atoms with Gasteiger partial charge in [-0.3, -0.25) is 0 Å². The van der Waals surface area contributed by atoms with Crippen LogP contribution in [0.2, 0.25) is 0 Å². The molecule has 1 aliphatic rings. The Morgan fingerprint density at radius 2 is 1.95 bits per heavy atom. The molecule has 0 spiro atoms. The van der Waals surface area contributed by atoms with Crippen LogP contribution in [0, 0.1) is 0 Å². The minimum Gasteiger partial charge on any atom is -0.370 e. The fourth-order valence-corrected chi connectivity index (χ4v) is 5.28. The van der Waals surface area contributed by atoms with E-state index in [9.17, 15) is 15.5 Å². The van der Waals surface area contributed by atoms with Crippen LogP contribution in [0.3, 0.4) is 0 Å². The Bertz CT molecular complexity index is 434. The molecule has 0 aromatic carbocycles. The SMILES string of the molecule is CCCCCCC(Cl)CS(F)(F)(F)(F)C1C=CC(Br)=CN1. The number of unbranched alkanes of at least 4 members (excludes halogenated alkanes) is 3. The Morgan fingerprint density at radius 3 is 2.48 bits per heavy atom. The van der Waals surface area contributed by atoms with Gasteiger partial charge in [-0.25, -0.2) is 0 Å². The number of nitrogens with one attached hydrogen (secondary N) is 1. The molecule has 0 amide bonds. The largest absolute Gasteiger partial charge is 0.370 e. The van der Waals surface area contributed by atoms with Gasteiger partial charge in [-0.2, -0.15) is 0 Å². The van der Waals surface area contributed by atoms with Gasteiger partial charge >= 0.3 is 0 Å². The van der Waals surface area contributed by atoms with Gasteiger partial charge in [0.05, 0.1) is 5.75 Å². The van der Waals surface area contributed by atoms with Crippen molar-refractivity contribution in [2.45, 2.75) is 49.8 Å². The van der Waals surface area contributed by atoms with Crippen molar-refractivity contribution in [1.82, 2.24) is 5.32 Å². The van der Waals surface area contributed by atoms with Crippen molar-refractivity contribution in [1.29, 1.82) is 0 Å². The predicted octanol–water partition coefficient (Wildman–Crippen LogP) is 6.70. The molecule has 8 heteroatoms. The van der Waals surface area contributed by atoms with E-state index in [0.717, 1.165) is 31.5 Å². The zero-order valence-corrected chi connectivity index (χ0v) is 15.0. The lowest BCUT2D eigenvalue weighted by Gasteiger charge is -2.55. The first kappa shape index (κ1) is 19.2. The number of dihydropyridines is 1. The molecular weight excluding hydrogens is 394 g/mol. The molecule has 1 N–H and O–H groups in total. The summed E-state index contributed by atoms with van der Waals surface area (Å²) in [6.45, 7) is 2.01. The van der Waals surface area contributed by atoms with Gasteiger partial charge in [0, 0.05) is 16.1 Å². The van der Waals surface area contributed by atoms with Gasteiger partial charge in [0.15, 0.2) is 15.2 Å². The number of alkyl halides is 1. The first-order chi connectivity index (χ1) is 9.47. The Hall–Kier alpha value is 0.120.